The van der Waals surface area contributed by atoms with E-state index in [1.165, 1.54) is 4.31 Å². The zero-order valence-electron chi connectivity index (χ0n) is 11.1. The van der Waals surface area contributed by atoms with Crippen LogP contribution in [-0.2, 0) is 10.0 Å². The molecular formula is C13H14ClN3O2S2. The molecule has 1 aliphatic heterocycles. The van der Waals surface area contributed by atoms with Crippen LogP contribution in [0.4, 0.5) is 0 Å². The first-order valence-corrected chi connectivity index (χ1v) is 9.10. The van der Waals surface area contributed by atoms with Gasteiger partial charge >= 0.3 is 0 Å². The Morgan fingerprint density at radius 3 is 2.90 bits per heavy atom. The predicted octanol–water partition coefficient (Wildman–Crippen LogP) is 2.13. The summed E-state index contributed by atoms with van der Waals surface area (Å²) in [5.41, 5.74) is 0.885. The van der Waals surface area contributed by atoms with Crippen LogP contribution >= 0.6 is 22.9 Å². The Balaban J connectivity index is 1.98. The minimum atomic E-state index is -3.54. The van der Waals surface area contributed by atoms with E-state index in [0.717, 1.165) is 16.9 Å². The van der Waals surface area contributed by atoms with E-state index >= 15 is 0 Å². The van der Waals surface area contributed by atoms with Gasteiger partial charge in [-0.25, -0.2) is 8.42 Å². The Labute approximate surface area is 132 Å². The van der Waals surface area contributed by atoms with Crippen LogP contribution in [0.1, 0.15) is 11.6 Å². The zero-order valence-corrected chi connectivity index (χ0v) is 13.5. The maximum absolute atomic E-state index is 12.8. The second-order valence-corrected chi connectivity index (χ2v) is 8.51. The highest BCUT2D eigenvalue weighted by Gasteiger charge is 2.35. The highest BCUT2D eigenvalue weighted by Crippen LogP contribution is 2.33. The van der Waals surface area contributed by atoms with Gasteiger partial charge < -0.3 is 5.32 Å². The van der Waals surface area contributed by atoms with Crippen molar-refractivity contribution in [1.82, 2.24) is 14.6 Å². The summed E-state index contributed by atoms with van der Waals surface area (Å²) in [6.45, 7) is 1.64. The zero-order chi connectivity index (χ0) is 14.9. The van der Waals surface area contributed by atoms with Gasteiger partial charge in [0.25, 0.3) is 10.0 Å². The van der Waals surface area contributed by atoms with E-state index in [1.54, 1.807) is 24.5 Å². The predicted molar refractivity (Wildman–Crippen MR) is 83.1 cm³/mol. The third-order valence-corrected chi connectivity index (χ3v) is 6.98. The van der Waals surface area contributed by atoms with Gasteiger partial charge in [-0.2, -0.15) is 4.31 Å². The summed E-state index contributed by atoms with van der Waals surface area (Å²) in [5.74, 6) is 0. The molecule has 21 heavy (non-hydrogen) atoms. The van der Waals surface area contributed by atoms with Gasteiger partial charge in [-0.15, -0.1) is 11.3 Å². The number of piperazine rings is 1. The number of thiophene rings is 1. The Bertz CT molecular complexity index is 718. The third-order valence-electron chi connectivity index (χ3n) is 3.37. The highest BCUT2D eigenvalue weighted by molar-refractivity contribution is 7.91. The van der Waals surface area contributed by atoms with Crippen LogP contribution < -0.4 is 5.32 Å². The van der Waals surface area contributed by atoms with Gasteiger partial charge in [0.1, 0.15) is 4.21 Å². The van der Waals surface area contributed by atoms with Gasteiger partial charge in [0.2, 0.25) is 0 Å². The molecule has 1 saturated heterocycles. The normalized spacial score (nSPS) is 20.5. The lowest BCUT2D eigenvalue weighted by molar-refractivity contribution is 0.271. The highest BCUT2D eigenvalue weighted by atomic mass is 35.5. The minimum Gasteiger partial charge on any atom is -0.313 e. The van der Waals surface area contributed by atoms with Crippen molar-refractivity contribution in [3.05, 3.63) is 46.6 Å². The number of hydrogen-bond acceptors (Lipinski definition) is 5. The molecule has 1 fully saturated rings. The van der Waals surface area contributed by atoms with Crippen molar-refractivity contribution < 1.29 is 8.42 Å². The molecule has 0 radical (unpaired) electrons. The van der Waals surface area contributed by atoms with E-state index < -0.39 is 10.0 Å². The topological polar surface area (TPSA) is 62.3 Å². The van der Waals surface area contributed by atoms with Crippen LogP contribution in [0.3, 0.4) is 0 Å². The standard InChI is InChI=1S/C13H14ClN3O2S2/c14-12-3-4-13(20-12)21(18,19)17-7-6-16-9-11(17)10-2-1-5-15-8-10/h1-5,8,11,16H,6-7,9H2. The molecule has 8 heteroatoms. The van der Waals surface area contributed by atoms with E-state index in [4.69, 9.17) is 11.6 Å². The summed E-state index contributed by atoms with van der Waals surface area (Å²) in [4.78, 5) is 4.09. The molecule has 0 aliphatic carbocycles. The lowest BCUT2D eigenvalue weighted by Crippen LogP contribution is -2.48. The summed E-state index contributed by atoms with van der Waals surface area (Å²) < 4.78 is 27.9. The number of nitrogens with zero attached hydrogens (tertiary/aromatic N) is 2. The van der Waals surface area contributed by atoms with Gasteiger partial charge in [-0.05, 0) is 23.8 Å². The third kappa shape index (κ3) is 2.97. The van der Waals surface area contributed by atoms with Crippen molar-refractivity contribution in [2.45, 2.75) is 10.3 Å². The van der Waals surface area contributed by atoms with Crippen LogP contribution in [0.25, 0.3) is 0 Å². The molecule has 2 aromatic rings. The molecule has 3 rings (SSSR count). The van der Waals surface area contributed by atoms with E-state index in [1.807, 2.05) is 12.1 Å². The minimum absolute atomic E-state index is 0.252. The Hall–Kier alpha value is -0.990. The van der Waals surface area contributed by atoms with Crippen molar-refractivity contribution in [2.24, 2.45) is 0 Å². The van der Waals surface area contributed by atoms with Crippen LogP contribution in [-0.4, -0.2) is 37.3 Å². The number of hydrogen-bond donors (Lipinski definition) is 1. The Kier molecular flexibility index (Phi) is 4.28. The van der Waals surface area contributed by atoms with Crippen LogP contribution in [0.15, 0.2) is 40.9 Å². The number of aromatic nitrogens is 1. The fraction of sp³-hybridized carbons (Fsp3) is 0.308. The monoisotopic (exact) mass is 343 g/mol. The molecule has 5 nitrogen and oxygen atoms in total. The molecule has 3 heterocycles. The molecule has 112 valence electrons. The first-order chi connectivity index (χ1) is 10.1. The van der Waals surface area contributed by atoms with E-state index in [9.17, 15) is 8.42 Å². The fourth-order valence-electron chi connectivity index (χ4n) is 2.38. The van der Waals surface area contributed by atoms with Crippen molar-refractivity contribution >= 4 is 33.0 Å². The first kappa shape index (κ1) is 14.9. The molecule has 1 atom stereocenters. The molecular weight excluding hydrogens is 330 g/mol. The molecule has 0 saturated carbocycles. The lowest BCUT2D eigenvalue weighted by atomic mass is 10.1. The largest absolute Gasteiger partial charge is 0.313 e. The maximum atomic E-state index is 12.8. The average Bonchev–Trinajstić information content (AvgIpc) is 2.95. The molecule has 0 amide bonds. The Morgan fingerprint density at radius 2 is 2.24 bits per heavy atom. The van der Waals surface area contributed by atoms with Crippen LogP contribution in [0.5, 0.6) is 0 Å². The number of rotatable bonds is 3. The van der Waals surface area contributed by atoms with E-state index in [2.05, 4.69) is 10.3 Å². The van der Waals surface area contributed by atoms with Crippen LogP contribution in [0, 0.1) is 0 Å². The summed E-state index contributed by atoms with van der Waals surface area (Å²) >= 11 is 6.96. The molecule has 0 spiro atoms. The average molecular weight is 344 g/mol. The molecule has 0 aromatic carbocycles. The number of pyridine rings is 1. The summed E-state index contributed by atoms with van der Waals surface area (Å²) in [6, 6.07) is 6.63. The summed E-state index contributed by atoms with van der Waals surface area (Å²) in [7, 11) is -3.54. The molecule has 1 N–H and O–H groups in total. The van der Waals surface area contributed by atoms with E-state index in [0.29, 0.717) is 24.0 Å². The van der Waals surface area contributed by atoms with Gasteiger partial charge in [-0.3, -0.25) is 4.98 Å². The first-order valence-electron chi connectivity index (χ1n) is 6.47. The van der Waals surface area contributed by atoms with Crippen LogP contribution in [0.2, 0.25) is 4.34 Å². The quantitative estimate of drug-likeness (QED) is 0.927. The number of halogens is 1. The molecule has 0 bridgehead atoms. The van der Waals surface area contributed by atoms with Crippen molar-refractivity contribution in [3.8, 4) is 0 Å². The van der Waals surface area contributed by atoms with Crippen molar-refractivity contribution in [2.75, 3.05) is 19.6 Å². The Morgan fingerprint density at radius 1 is 1.38 bits per heavy atom. The van der Waals surface area contributed by atoms with E-state index in [-0.39, 0.29) is 10.3 Å². The molecule has 1 aliphatic rings. The molecule has 2 aromatic heterocycles. The van der Waals surface area contributed by atoms with Crippen molar-refractivity contribution in [1.29, 1.82) is 0 Å². The summed E-state index contributed by atoms with van der Waals surface area (Å²) in [6.07, 6.45) is 3.39. The van der Waals surface area contributed by atoms with Gasteiger partial charge in [0.05, 0.1) is 10.4 Å². The SMILES string of the molecule is O=S(=O)(c1ccc(Cl)s1)N1CCNCC1c1cccnc1. The van der Waals surface area contributed by atoms with Crippen molar-refractivity contribution in [3.63, 3.8) is 0 Å². The van der Waals surface area contributed by atoms with Gasteiger partial charge in [0.15, 0.2) is 0 Å². The smallest absolute Gasteiger partial charge is 0.253 e. The second kappa shape index (κ2) is 6.02. The summed E-state index contributed by atoms with van der Waals surface area (Å²) in [5, 5.41) is 3.24. The fourth-order valence-corrected chi connectivity index (χ4v) is 5.61. The molecule has 1 unspecified atom stereocenters. The van der Waals surface area contributed by atoms with Gasteiger partial charge in [-0.1, -0.05) is 17.7 Å². The number of nitrogens with one attached hydrogen (secondary N) is 1. The lowest BCUT2D eigenvalue weighted by Gasteiger charge is -2.34. The maximum Gasteiger partial charge on any atom is 0.253 e. The van der Waals surface area contributed by atoms with Gasteiger partial charge in [0, 0.05) is 32.0 Å². The number of sulfonamides is 1. The second-order valence-electron chi connectivity index (χ2n) is 4.68.